The summed E-state index contributed by atoms with van der Waals surface area (Å²) in [7, 11) is 0. The molecule has 6 aromatic carbocycles. The number of aromatic nitrogens is 1. The van der Waals surface area contributed by atoms with Crippen molar-refractivity contribution in [3.8, 4) is 0 Å². The number of benzene rings is 6. The number of pyridine rings is 1. The van der Waals surface area contributed by atoms with E-state index >= 15 is 0 Å². The fourth-order valence-corrected chi connectivity index (χ4v) is 18.9. The van der Waals surface area contributed by atoms with E-state index in [2.05, 4.69) is 223 Å². The van der Waals surface area contributed by atoms with E-state index in [1.54, 1.807) is 5.57 Å². The lowest BCUT2D eigenvalue weighted by Gasteiger charge is -2.49. The highest BCUT2D eigenvalue weighted by Crippen LogP contribution is 2.81. The molecule has 4 saturated carbocycles. The summed E-state index contributed by atoms with van der Waals surface area (Å²) >= 11 is 0. The van der Waals surface area contributed by atoms with Gasteiger partial charge in [0.25, 0.3) is 6.71 Å². The first-order valence-corrected chi connectivity index (χ1v) is 28.8. The van der Waals surface area contributed by atoms with Crippen LogP contribution in [0.4, 0.5) is 51.3 Å². The monoisotopic (exact) mass is 979 g/mol. The number of fused-ring (bicyclic) bond motifs is 8. The molecule has 2 bridgehead atoms. The molecule has 4 fully saturated rings. The third-order valence-electron chi connectivity index (χ3n) is 21.4. The topological polar surface area (TPSA) is 22.6 Å². The first-order valence-electron chi connectivity index (χ1n) is 28.8. The van der Waals surface area contributed by atoms with E-state index in [4.69, 9.17) is 4.98 Å². The van der Waals surface area contributed by atoms with Crippen molar-refractivity contribution in [1.82, 2.24) is 4.98 Å². The maximum Gasteiger partial charge on any atom is 0.254 e. The predicted molar refractivity (Wildman–Crippen MR) is 313 cm³/mol. The summed E-state index contributed by atoms with van der Waals surface area (Å²) in [5, 5.41) is 0. The number of allylic oxidation sites excluding steroid dienone is 2. The summed E-state index contributed by atoms with van der Waals surface area (Å²) in [6.07, 6.45) is 10.4. The Balaban J connectivity index is 1.01. The molecule has 7 aromatic rings. The van der Waals surface area contributed by atoms with Gasteiger partial charge in [0, 0.05) is 50.9 Å². The fourth-order valence-electron chi connectivity index (χ4n) is 18.9. The van der Waals surface area contributed by atoms with Crippen molar-refractivity contribution in [2.75, 3.05) is 14.7 Å². The van der Waals surface area contributed by atoms with Crippen LogP contribution in [0.5, 0.6) is 0 Å². The standard InChI is InChI=1S/C70H71BN4/c1-42-29-43-30-44-37-69(44)41-70(38-55(70)62(42)54(69)31-43)61-36-60-63-64(72-61)75(47-23-17-12-18-24-47)58-33-49(73(45-19-13-10-14-20-45)46-21-15-11-16-22-46)26-28-56(58)71(63)57-34-52-53(68(8,9)40-67(52,6)7)35-59(57)74(60)48-25-27-50-51(32-48)66(4,5)39-65(50,2)3/h10-28,32-36,42-44,54H,29-31,37-41H2,1-9H3/t42-,43?,44?,54-,69?,70-/m1/s1. The molecule has 3 heterocycles. The number of hydrogen-bond donors (Lipinski definition) is 0. The van der Waals surface area contributed by atoms with Gasteiger partial charge in [-0.25, -0.2) is 4.98 Å². The molecule has 6 atom stereocenters. The molecule has 16 rings (SSSR count). The largest absolute Gasteiger partial charge is 0.311 e. The second kappa shape index (κ2) is 14.6. The Hall–Kier alpha value is -6.33. The van der Waals surface area contributed by atoms with Crippen LogP contribution in [0.2, 0.25) is 0 Å². The molecule has 1 spiro atoms. The minimum atomic E-state index is -0.0337. The predicted octanol–water partition coefficient (Wildman–Crippen LogP) is 16.0. The highest BCUT2D eigenvalue weighted by atomic mass is 15.2. The van der Waals surface area contributed by atoms with E-state index in [1.807, 2.05) is 5.57 Å². The Morgan fingerprint density at radius 3 is 1.85 bits per heavy atom. The molecule has 2 aliphatic heterocycles. The molecule has 0 amide bonds. The van der Waals surface area contributed by atoms with Crippen LogP contribution in [0.25, 0.3) is 0 Å². The number of nitrogens with zero attached hydrogens (tertiary/aromatic N) is 4. The SMILES string of the molecule is C[C@@H]1CC2CC3CC34C[C@]3(c5cc6c7c(n5)N(c5ccccc5)c5cc(N(c8ccccc8)c8ccccc8)ccc5B7c5cc7c(cc5N6c5ccc6c(c5)C(C)(C)CC6(C)C)C(C)(C)CC7(C)C)CC3=C1[C@H]4C2. The van der Waals surface area contributed by atoms with Gasteiger partial charge in [0.15, 0.2) is 0 Å². The van der Waals surface area contributed by atoms with E-state index in [0.29, 0.717) is 11.3 Å². The summed E-state index contributed by atoms with van der Waals surface area (Å²) < 4.78 is 0. The van der Waals surface area contributed by atoms with E-state index in [9.17, 15) is 0 Å². The van der Waals surface area contributed by atoms with Crippen LogP contribution >= 0.6 is 0 Å². The zero-order valence-corrected chi connectivity index (χ0v) is 45.7. The molecule has 374 valence electrons. The van der Waals surface area contributed by atoms with Crippen molar-refractivity contribution >= 4 is 74.4 Å². The number of para-hydroxylation sites is 3. The second-order valence-corrected chi connectivity index (χ2v) is 28.1. The third kappa shape index (κ3) is 6.05. The summed E-state index contributed by atoms with van der Waals surface area (Å²) in [4.78, 5) is 14.1. The quantitative estimate of drug-likeness (QED) is 0.122. The zero-order chi connectivity index (χ0) is 50.9. The molecule has 0 radical (unpaired) electrons. The first kappa shape index (κ1) is 44.9. The summed E-state index contributed by atoms with van der Waals surface area (Å²) in [5.41, 5.74) is 25.4. The van der Waals surface area contributed by atoms with Crippen molar-refractivity contribution in [2.24, 2.45) is 29.1 Å². The smallest absolute Gasteiger partial charge is 0.254 e. The van der Waals surface area contributed by atoms with Crippen LogP contribution in [0.3, 0.4) is 0 Å². The molecule has 7 aliphatic carbocycles. The van der Waals surface area contributed by atoms with Gasteiger partial charge in [-0.1, -0.05) is 146 Å². The van der Waals surface area contributed by atoms with E-state index < -0.39 is 0 Å². The second-order valence-electron chi connectivity index (χ2n) is 28.1. The van der Waals surface area contributed by atoms with Crippen molar-refractivity contribution in [3.63, 3.8) is 0 Å². The van der Waals surface area contributed by atoms with E-state index in [1.165, 1.54) is 106 Å². The van der Waals surface area contributed by atoms with Crippen LogP contribution in [0, 0.1) is 29.1 Å². The van der Waals surface area contributed by atoms with Gasteiger partial charge in [-0.05, 0) is 214 Å². The molecule has 9 aliphatic rings. The molecule has 5 heteroatoms. The Morgan fingerprint density at radius 2 is 1.16 bits per heavy atom. The van der Waals surface area contributed by atoms with Crippen molar-refractivity contribution in [2.45, 2.75) is 141 Å². The summed E-state index contributed by atoms with van der Waals surface area (Å²) in [5.74, 6) is 4.36. The lowest BCUT2D eigenvalue weighted by atomic mass is 9.33. The summed E-state index contributed by atoms with van der Waals surface area (Å²) in [6.45, 7) is 22.4. The van der Waals surface area contributed by atoms with Crippen molar-refractivity contribution in [3.05, 3.63) is 185 Å². The minimum absolute atomic E-state index is 0.0260. The number of anilines is 9. The highest BCUT2D eigenvalue weighted by molar-refractivity contribution is 7.00. The van der Waals surface area contributed by atoms with Gasteiger partial charge in [-0.15, -0.1) is 0 Å². The van der Waals surface area contributed by atoms with Gasteiger partial charge in [-0.2, -0.15) is 0 Å². The van der Waals surface area contributed by atoms with Crippen LogP contribution < -0.4 is 31.1 Å². The minimum Gasteiger partial charge on any atom is -0.311 e. The van der Waals surface area contributed by atoms with Gasteiger partial charge < -0.3 is 9.80 Å². The molecular formula is C70H71BN4. The fraction of sp³-hybridized carbons (Fsp3) is 0.386. The van der Waals surface area contributed by atoms with Crippen molar-refractivity contribution < 1.29 is 0 Å². The Bertz CT molecular complexity index is 3610. The maximum absolute atomic E-state index is 6.36. The molecule has 0 saturated heterocycles. The first-order chi connectivity index (χ1) is 36.0. The van der Waals surface area contributed by atoms with Crippen LogP contribution in [-0.4, -0.2) is 11.7 Å². The molecule has 1 aromatic heterocycles. The van der Waals surface area contributed by atoms with Gasteiger partial charge >= 0.3 is 0 Å². The van der Waals surface area contributed by atoms with Gasteiger partial charge in [0.2, 0.25) is 0 Å². The Morgan fingerprint density at radius 1 is 0.533 bits per heavy atom. The molecule has 4 nitrogen and oxygen atoms in total. The highest BCUT2D eigenvalue weighted by Gasteiger charge is 2.73. The average Bonchev–Trinajstić information content (AvgIpc) is 4.47. The lowest BCUT2D eigenvalue weighted by molar-refractivity contribution is 0.107. The van der Waals surface area contributed by atoms with Gasteiger partial charge in [-0.3, -0.25) is 4.90 Å². The normalized spacial score (nSPS) is 28.3. The molecular weight excluding hydrogens is 908 g/mol. The molecule has 75 heavy (non-hydrogen) atoms. The third-order valence-corrected chi connectivity index (χ3v) is 21.4. The van der Waals surface area contributed by atoms with E-state index in [0.717, 1.165) is 59.2 Å². The van der Waals surface area contributed by atoms with Gasteiger partial charge in [0.1, 0.15) is 5.82 Å². The number of hydrogen-bond acceptors (Lipinski definition) is 4. The maximum atomic E-state index is 6.36. The van der Waals surface area contributed by atoms with E-state index in [-0.39, 0.29) is 33.8 Å². The average molecular weight is 979 g/mol. The van der Waals surface area contributed by atoms with Gasteiger partial charge in [0.05, 0.1) is 5.69 Å². The van der Waals surface area contributed by atoms with Crippen LogP contribution in [-0.2, 0) is 27.1 Å². The summed E-state index contributed by atoms with van der Waals surface area (Å²) in [6, 6.07) is 56.2. The van der Waals surface area contributed by atoms with Crippen LogP contribution in [0.15, 0.2) is 157 Å². The number of rotatable bonds is 6. The Labute approximate surface area is 446 Å². The van der Waals surface area contributed by atoms with Crippen LogP contribution in [0.1, 0.15) is 142 Å². The lowest BCUT2D eigenvalue weighted by Crippen LogP contribution is -2.62. The zero-order valence-electron chi connectivity index (χ0n) is 45.7. The Kier molecular flexibility index (Phi) is 8.73. The molecule has 3 unspecified atom stereocenters. The van der Waals surface area contributed by atoms with Crippen molar-refractivity contribution in [1.29, 1.82) is 0 Å². The molecule has 0 N–H and O–H groups in total.